The Bertz CT molecular complexity index is 1130. The highest BCUT2D eigenvalue weighted by atomic mass is 16.5. The number of esters is 1. The highest BCUT2D eigenvalue weighted by Crippen LogP contribution is 2.34. The smallest absolute Gasteiger partial charge is 0.320 e. The number of benzene rings is 1. The Labute approximate surface area is 249 Å². The predicted molar refractivity (Wildman–Crippen MR) is 165 cm³/mol. The van der Waals surface area contributed by atoms with Gasteiger partial charge in [0.2, 0.25) is 0 Å². The monoisotopic (exact) mass is 585 g/mol. The molecule has 232 valence electrons. The van der Waals surface area contributed by atoms with E-state index in [1.165, 1.54) is 12.7 Å². The van der Waals surface area contributed by atoms with Crippen molar-refractivity contribution in [2.24, 2.45) is 10.9 Å². The highest BCUT2D eigenvalue weighted by molar-refractivity contribution is 5.75. The minimum absolute atomic E-state index is 0.182. The molecule has 1 aromatic carbocycles. The number of aromatic nitrogens is 2. The van der Waals surface area contributed by atoms with Crippen LogP contribution >= 0.6 is 0 Å². The van der Waals surface area contributed by atoms with E-state index in [-0.39, 0.29) is 17.8 Å². The SMILES string of the molecule is C=Nc1c(N)nc(OCCOC)nc1N(COC)CC1CCN(CCCN(C)Cc2cccc(CC(=O)OC)c2)CC1. The van der Waals surface area contributed by atoms with Crippen LogP contribution in [0.2, 0.25) is 0 Å². The van der Waals surface area contributed by atoms with E-state index in [0.29, 0.717) is 43.8 Å². The van der Waals surface area contributed by atoms with E-state index in [0.717, 1.165) is 64.1 Å². The Hall–Kier alpha value is -3.32. The van der Waals surface area contributed by atoms with Crippen molar-refractivity contribution in [2.75, 3.05) is 91.7 Å². The van der Waals surface area contributed by atoms with E-state index in [9.17, 15) is 4.79 Å². The first-order valence-electron chi connectivity index (χ1n) is 14.4. The third-order valence-corrected chi connectivity index (χ3v) is 7.35. The first-order valence-corrected chi connectivity index (χ1v) is 14.4. The second kappa shape index (κ2) is 17.6. The maximum atomic E-state index is 11.6. The summed E-state index contributed by atoms with van der Waals surface area (Å²) in [6, 6.07) is 8.34. The molecule has 1 aliphatic rings. The van der Waals surface area contributed by atoms with Crippen LogP contribution in [0.5, 0.6) is 6.01 Å². The fourth-order valence-corrected chi connectivity index (χ4v) is 5.18. The molecule has 0 atom stereocenters. The fraction of sp³-hybridized carbons (Fsp3) is 0.600. The van der Waals surface area contributed by atoms with Gasteiger partial charge in [-0.05, 0) is 76.3 Å². The molecule has 1 saturated heterocycles. The van der Waals surface area contributed by atoms with Gasteiger partial charge in [-0.2, -0.15) is 9.97 Å². The first kappa shape index (κ1) is 33.2. The molecule has 0 amide bonds. The zero-order valence-corrected chi connectivity index (χ0v) is 25.6. The number of carbonyl (C=O) groups excluding carboxylic acids is 1. The molecular formula is C30H47N7O5. The fourth-order valence-electron chi connectivity index (χ4n) is 5.18. The Morgan fingerprint density at radius 2 is 1.90 bits per heavy atom. The van der Waals surface area contributed by atoms with E-state index >= 15 is 0 Å². The summed E-state index contributed by atoms with van der Waals surface area (Å²) in [4.78, 5) is 31.4. The van der Waals surface area contributed by atoms with Crippen LogP contribution in [0.25, 0.3) is 0 Å². The van der Waals surface area contributed by atoms with E-state index < -0.39 is 0 Å². The maximum Gasteiger partial charge on any atom is 0.320 e. The molecule has 12 heteroatoms. The van der Waals surface area contributed by atoms with Crippen LogP contribution in [0.4, 0.5) is 17.3 Å². The molecule has 1 aliphatic heterocycles. The Kier molecular flexibility index (Phi) is 13.9. The molecule has 2 N–H and O–H groups in total. The number of aliphatic imine (C=N–C) groups is 1. The first-order chi connectivity index (χ1) is 20.4. The van der Waals surface area contributed by atoms with Crippen molar-refractivity contribution in [3.05, 3.63) is 35.4 Å². The molecule has 3 rings (SSSR count). The Morgan fingerprint density at radius 3 is 2.60 bits per heavy atom. The molecule has 0 unspecified atom stereocenters. The van der Waals surface area contributed by atoms with Gasteiger partial charge in [-0.3, -0.25) is 9.79 Å². The van der Waals surface area contributed by atoms with Crippen LogP contribution in [0.3, 0.4) is 0 Å². The minimum Gasteiger partial charge on any atom is -0.469 e. The van der Waals surface area contributed by atoms with Crippen molar-refractivity contribution >= 4 is 30.0 Å². The van der Waals surface area contributed by atoms with Crippen molar-refractivity contribution in [3.8, 4) is 6.01 Å². The molecular weight excluding hydrogens is 538 g/mol. The number of anilines is 2. The molecule has 12 nitrogen and oxygen atoms in total. The largest absolute Gasteiger partial charge is 0.469 e. The van der Waals surface area contributed by atoms with E-state index in [4.69, 9.17) is 24.7 Å². The third-order valence-electron chi connectivity index (χ3n) is 7.35. The molecule has 0 saturated carbocycles. The summed E-state index contributed by atoms with van der Waals surface area (Å²) in [7, 11) is 6.83. The lowest BCUT2D eigenvalue weighted by atomic mass is 9.96. The number of nitrogens with zero attached hydrogens (tertiary/aromatic N) is 6. The number of piperidine rings is 1. The van der Waals surface area contributed by atoms with Crippen LogP contribution in [0.1, 0.15) is 30.4 Å². The molecule has 2 aromatic rings. The van der Waals surface area contributed by atoms with Gasteiger partial charge in [0.25, 0.3) is 0 Å². The summed E-state index contributed by atoms with van der Waals surface area (Å²) in [6.45, 7) is 10.5. The number of rotatable bonds is 18. The third kappa shape index (κ3) is 10.5. The van der Waals surface area contributed by atoms with E-state index in [1.807, 2.05) is 17.0 Å². The van der Waals surface area contributed by atoms with Gasteiger partial charge in [0.05, 0.1) is 20.1 Å². The maximum absolute atomic E-state index is 11.6. The standard InChI is InChI=1S/C30H47N7O5/c1-32-27-28(31)33-30(42-17-16-39-3)34-29(27)37(22-40-4)21-23-10-14-36(15-11-23)13-7-12-35(2)20-25-9-6-8-24(18-25)19-26(38)41-5/h6,8-9,18,23H,1,7,10-17,19-22H2,2-5H3,(H2,31,33,34). The number of hydrogen-bond acceptors (Lipinski definition) is 12. The number of nitrogen functional groups attached to an aromatic ring is 1. The number of methoxy groups -OCH3 is 3. The second-order valence-corrected chi connectivity index (χ2v) is 10.7. The second-order valence-electron chi connectivity index (χ2n) is 10.7. The molecule has 1 fully saturated rings. The normalized spacial score (nSPS) is 14.2. The van der Waals surface area contributed by atoms with E-state index in [2.05, 4.69) is 50.7 Å². The van der Waals surface area contributed by atoms with Crippen molar-refractivity contribution < 1.29 is 23.7 Å². The van der Waals surface area contributed by atoms with Gasteiger partial charge in [-0.15, -0.1) is 0 Å². The lowest BCUT2D eigenvalue weighted by molar-refractivity contribution is -0.139. The summed E-state index contributed by atoms with van der Waals surface area (Å²) < 4.78 is 21.0. The molecule has 0 bridgehead atoms. The van der Waals surface area contributed by atoms with Crippen molar-refractivity contribution in [1.29, 1.82) is 0 Å². The molecule has 0 radical (unpaired) electrons. The average molecular weight is 586 g/mol. The van der Waals surface area contributed by atoms with Crippen molar-refractivity contribution in [1.82, 2.24) is 19.8 Å². The van der Waals surface area contributed by atoms with Crippen LogP contribution in [0, 0.1) is 5.92 Å². The zero-order valence-electron chi connectivity index (χ0n) is 25.6. The van der Waals surface area contributed by atoms with Gasteiger partial charge < -0.3 is 39.4 Å². The molecule has 2 heterocycles. The topological polar surface area (TPSA) is 128 Å². The summed E-state index contributed by atoms with van der Waals surface area (Å²) in [6.07, 6.45) is 3.56. The summed E-state index contributed by atoms with van der Waals surface area (Å²) in [5, 5.41) is 0. The van der Waals surface area contributed by atoms with Crippen LogP contribution in [-0.4, -0.2) is 114 Å². The van der Waals surface area contributed by atoms with Gasteiger partial charge in [0, 0.05) is 27.3 Å². The number of carbonyl (C=O) groups is 1. The molecule has 0 aliphatic carbocycles. The summed E-state index contributed by atoms with van der Waals surface area (Å²) >= 11 is 0. The van der Waals surface area contributed by atoms with Crippen molar-refractivity contribution in [3.63, 3.8) is 0 Å². The quantitative estimate of drug-likeness (QED) is 0.120. The molecule has 1 aromatic heterocycles. The summed E-state index contributed by atoms with van der Waals surface area (Å²) in [5.41, 5.74) is 8.79. The number of nitrogens with two attached hydrogens (primary N) is 1. The van der Waals surface area contributed by atoms with Gasteiger partial charge >= 0.3 is 12.0 Å². The number of likely N-dealkylation sites (tertiary alicyclic amines) is 1. The Morgan fingerprint density at radius 1 is 1.14 bits per heavy atom. The predicted octanol–water partition coefficient (Wildman–Crippen LogP) is 2.78. The Balaban J connectivity index is 1.47. The van der Waals surface area contributed by atoms with Gasteiger partial charge in [0.15, 0.2) is 11.6 Å². The van der Waals surface area contributed by atoms with Crippen LogP contribution in [0.15, 0.2) is 29.3 Å². The molecule has 0 spiro atoms. The minimum atomic E-state index is -0.217. The van der Waals surface area contributed by atoms with Crippen LogP contribution < -0.4 is 15.4 Å². The lowest BCUT2D eigenvalue weighted by Crippen LogP contribution is -2.40. The number of hydrogen-bond donors (Lipinski definition) is 1. The number of ether oxygens (including phenoxy) is 4. The molecule has 42 heavy (non-hydrogen) atoms. The average Bonchev–Trinajstić information content (AvgIpc) is 2.98. The van der Waals surface area contributed by atoms with Gasteiger partial charge in [-0.1, -0.05) is 24.3 Å². The zero-order chi connectivity index (χ0) is 30.3. The van der Waals surface area contributed by atoms with Crippen LogP contribution in [-0.2, 0) is 32.0 Å². The van der Waals surface area contributed by atoms with Crippen molar-refractivity contribution in [2.45, 2.75) is 32.2 Å². The van der Waals surface area contributed by atoms with E-state index in [1.54, 1.807) is 14.2 Å². The van der Waals surface area contributed by atoms with Gasteiger partial charge in [-0.25, -0.2) is 0 Å². The van der Waals surface area contributed by atoms with Gasteiger partial charge in [0.1, 0.15) is 19.0 Å². The summed E-state index contributed by atoms with van der Waals surface area (Å²) in [5.74, 6) is 1.04. The lowest BCUT2D eigenvalue weighted by Gasteiger charge is -2.35. The highest BCUT2D eigenvalue weighted by Gasteiger charge is 2.25.